The van der Waals surface area contributed by atoms with E-state index in [9.17, 15) is 24.0 Å². The summed E-state index contributed by atoms with van der Waals surface area (Å²) in [7, 11) is 3.02. The average molecular weight is 597 g/mol. The summed E-state index contributed by atoms with van der Waals surface area (Å²) in [4.78, 5) is 68.8. The lowest BCUT2D eigenvalue weighted by Gasteiger charge is -2.36. The number of amides is 3. The Morgan fingerprint density at radius 3 is 2.27 bits per heavy atom. The molecular formula is C33H32N4O7. The highest BCUT2D eigenvalue weighted by molar-refractivity contribution is 6.13. The summed E-state index contributed by atoms with van der Waals surface area (Å²) in [5.74, 6) is -2.48. The molecule has 44 heavy (non-hydrogen) atoms. The smallest absolute Gasteiger partial charge is 0.336 e. The first-order valence-corrected chi connectivity index (χ1v) is 13.9. The minimum Gasteiger partial charge on any atom is -0.497 e. The molecule has 1 aliphatic heterocycles. The number of carbonyl (C=O) groups is 4. The molecule has 226 valence electrons. The van der Waals surface area contributed by atoms with Gasteiger partial charge in [0, 0.05) is 35.2 Å². The summed E-state index contributed by atoms with van der Waals surface area (Å²) in [6, 6.07) is 19.5. The molecule has 1 unspecified atom stereocenters. The molecule has 5 rings (SSSR count). The van der Waals surface area contributed by atoms with Crippen LogP contribution in [0.25, 0.3) is 11.0 Å². The number of benzene rings is 3. The van der Waals surface area contributed by atoms with Crippen molar-refractivity contribution in [3.05, 3.63) is 99.9 Å². The number of carbonyl (C=O) groups excluding carboxylic acids is 4. The van der Waals surface area contributed by atoms with Crippen molar-refractivity contribution >= 4 is 45.8 Å². The molecule has 3 aromatic carbocycles. The summed E-state index contributed by atoms with van der Waals surface area (Å²) in [5, 5.41) is 3.50. The van der Waals surface area contributed by atoms with Crippen LogP contribution in [0, 0.1) is 5.92 Å². The van der Waals surface area contributed by atoms with Crippen LogP contribution in [0.3, 0.4) is 0 Å². The molecule has 2 heterocycles. The lowest BCUT2D eigenvalue weighted by atomic mass is 9.83. The second-order valence-electron chi connectivity index (χ2n) is 10.8. The van der Waals surface area contributed by atoms with Crippen LogP contribution in [-0.2, 0) is 16.1 Å². The van der Waals surface area contributed by atoms with E-state index < -0.39 is 34.8 Å². The molecule has 0 spiro atoms. The van der Waals surface area contributed by atoms with Crippen LogP contribution in [0.2, 0.25) is 0 Å². The molecule has 0 aliphatic carbocycles. The number of para-hydroxylation sites is 2. The molecule has 11 nitrogen and oxygen atoms in total. The SMILES string of the molecule is CNC(C)(C(N)=O)[C@@H]1CN(C(=O)c2ccc(C(C)=O)cc2)c2ccccc2N(Cc2cc(=O)oc3cc(OC)ccc23)C1=O. The predicted octanol–water partition coefficient (Wildman–Crippen LogP) is 3.28. The van der Waals surface area contributed by atoms with Crippen molar-refractivity contribution in [2.45, 2.75) is 25.9 Å². The van der Waals surface area contributed by atoms with E-state index in [1.807, 2.05) is 0 Å². The Morgan fingerprint density at radius 2 is 1.66 bits per heavy atom. The number of nitrogens with one attached hydrogen (secondary N) is 1. The first-order chi connectivity index (χ1) is 21.0. The van der Waals surface area contributed by atoms with Gasteiger partial charge in [-0.15, -0.1) is 0 Å². The van der Waals surface area contributed by atoms with Crippen molar-refractivity contribution < 1.29 is 28.3 Å². The topological polar surface area (TPSA) is 152 Å². The van der Waals surface area contributed by atoms with Gasteiger partial charge in [-0.05, 0) is 62.9 Å². The van der Waals surface area contributed by atoms with E-state index >= 15 is 0 Å². The Bertz CT molecular complexity index is 1850. The van der Waals surface area contributed by atoms with Crippen LogP contribution >= 0.6 is 0 Å². The van der Waals surface area contributed by atoms with Gasteiger partial charge < -0.3 is 30.0 Å². The Labute approximate surface area is 253 Å². The zero-order valence-corrected chi connectivity index (χ0v) is 24.7. The number of nitrogens with zero attached hydrogens (tertiary/aromatic N) is 2. The maximum atomic E-state index is 14.5. The summed E-state index contributed by atoms with van der Waals surface area (Å²) in [6.07, 6.45) is 0. The van der Waals surface area contributed by atoms with Crippen molar-refractivity contribution in [1.82, 2.24) is 5.32 Å². The van der Waals surface area contributed by atoms with Crippen LogP contribution in [0.4, 0.5) is 11.4 Å². The number of fused-ring (bicyclic) bond motifs is 2. The molecule has 2 atom stereocenters. The van der Waals surface area contributed by atoms with Crippen molar-refractivity contribution in [2.24, 2.45) is 11.7 Å². The monoisotopic (exact) mass is 596 g/mol. The van der Waals surface area contributed by atoms with Crippen LogP contribution in [0.5, 0.6) is 5.75 Å². The number of ether oxygens (including phenoxy) is 1. The molecule has 3 N–H and O–H groups in total. The normalized spacial score (nSPS) is 16.2. The van der Waals surface area contributed by atoms with Gasteiger partial charge in [0.15, 0.2) is 5.78 Å². The van der Waals surface area contributed by atoms with Crippen LogP contribution < -0.4 is 31.2 Å². The Morgan fingerprint density at radius 1 is 1.00 bits per heavy atom. The molecule has 1 aromatic heterocycles. The number of likely N-dealkylation sites (N-methyl/N-ethyl adjacent to an activating group) is 1. The van der Waals surface area contributed by atoms with Gasteiger partial charge >= 0.3 is 5.63 Å². The highest BCUT2D eigenvalue weighted by atomic mass is 16.5. The van der Waals surface area contributed by atoms with Crippen LogP contribution in [0.15, 0.2) is 82.0 Å². The summed E-state index contributed by atoms with van der Waals surface area (Å²) in [5.41, 5.74) is 6.00. The van der Waals surface area contributed by atoms with E-state index in [0.717, 1.165) is 0 Å². The fourth-order valence-corrected chi connectivity index (χ4v) is 5.48. The van der Waals surface area contributed by atoms with E-state index in [2.05, 4.69) is 5.32 Å². The Kier molecular flexibility index (Phi) is 8.07. The molecule has 1 aliphatic rings. The molecule has 0 fully saturated rings. The molecule has 11 heteroatoms. The minimum absolute atomic E-state index is 0.0747. The maximum absolute atomic E-state index is 14.5. The van der Waals surface area contributed by atoms with Gasteiger partial charge in [-0.2, -0.15) is 0 Å². The molecular weight excluding hydrogens is 564 g/mol. The van der Waals surface area contributed by atoms with Gasteiger partial charge in [0.1, 0.15) is 16.9 Å². The van der Waals surface area contributed by atoms with Gasteiger partial charge in [-0.3, -0.25) is 19.2 Å². The van der Waals surface area contributed by atoms with E-state index in [1.165, 1.54) is 43.9 Å². The largest absolute Gasteiger partial charge is 0.497 e. The quantitative estimate of drug-likeness (QED) is 0.232. The number of ketones is 1. The third kappa shape index (κ3) is 5.33. The molecule has 0 saturated heterocycles. The molecule has 3 amide bonds. The van der Waals surface area contributed by atoms with E-state index in [0.29, 0.717) is 33.6 Å². The van der Waals surface area contributed by atoms with E-state index in [-0.39, 0.29) is 30.0 Å². The predicted molar refractivity (Wildman–Crippen MR) is 165 cm³/mol. The van der Waals surface area contributed by atoms with E-state index in [4.69, 9.17) is 14.9 Å². The second kappa shape index (κ2) is 11.8. The van der Waals surface area contributed by atoms with Gasteiger partial charge in [0.2, 0.25) is 11.8 Å². The Balaban J connectivity index is 1.69. The zero-order valence-electron chi connectivity index (χ0n) is 24.7. The third-order valence-electron chi connectivity index (χ3n) is 8.27. The number of rotatable bonds is 8. The van der Waals surface area contributed by atoms with Crippen molar-refractivity contribution in [3.63, 3.8) is 0 Å². The third-order valence-corrected chi connectivity index (χ3v) is 8.27. The Hall–Kier alpha value is -5.29. The summed E-state index contributed by atoms with van der Waals surface area (Å²) < 4.78 is 10.7. The number of nitrogens with two attached hydrogens (primary N) is 1. The van der Waals surface area contributed by atoms with Crippen molar-refractivity contribution in [1.29, 1.82) is 0 Å². The fourth-order valence-electron chi connectivity index (χ4n) is 5.48. The van der Waals surface area contributed by atoms with Crippen molar-refractivity contribution in [2.75, 3.05) is 30.5 Å². The number of primary amides is 1. The summed E-state index contributed by atoms with van der Waals surface area (Å²) >= 11 is 0. The van der Waals surface area contributed by atoms with Crippen LogP contribution in [0.1, 0.15) is 40.1 Å². The first kappa shape index (κ1) is 30.2. The number of hydrogen-bond acceptors (Lipinski definition) is 8. The molecule has 0 bridgehead atoms. The van der Waals surface area contributed by atoms with E-state index in [1.54, 1.807) is 66.7 Å². The standard InChI is InChI=1S/C33H32N4O7/c1-19(38)20-9-11-21(12-10-20)30(40)37-18-25(33(2,35-3)32(34)42)31(41)36(26-7-5-6-8-27(26)37)17-22-15-29(39)44-28-16-23(43-4)13-14-24(22)28/h5-16,25,35H,17-18H2,1-4H3,(H2,34,42)/t25-,33?/m1/s1. The average Bonchev–Trinajstić information content (AvgIpc) is 3.14. The minimum atomic E-state index is -1.56. The molecule has 0 saturated carbocycles. The fraction of sp³-hybridized carbons (Fsp3) is 0.242. The number of Topliss-reactive ketones (excluding diaryl/α,β-unsaturated/α-hetero) is 1. The lowest BCUT2D eigenvalue weighted by Crippen LogP contribution is -2.63. The highest BCUT2D eigenvalue weighted by Crippen LogP contribution is 2.39. The van der Waals surface area contributed by atoms with Gasteiger partial charge in [-0.1, -0.05) is 24.3 Å². The van der Waals surface area contributed by atoms with Crippen LogP contribution in [-0.4, -0.2) is 49.7 Å². The number of hydrogen-bond donors (Lipinski definition) is 2. The van der Waals surface area contributed by atoms with Gasteiger partial charge in [-0.25, -0.2) is 4.79 Å². The second-order valence-corrected chi connectivity index (χ2v) is 10.8. The van der Waals surface area contributed by atoms with Gasteiger partial charge in [0.05, 0.1) is 30.9 Å². The van der Waals surface area contributed by atoms with Crippen molar-refractivity contribution in [3.8, 4) is 5.75 Å². The molecule has 4 aromatic rings. The maximum Gasteiger partial charge on any atom is 0.336 e. The summed E-state index contributed by atoms with van der Waals surface area (Å²) in [6.45, 7) is 2.70. The highest BCUT2D eigenvalue weighted by Gasteiger charge is 2.48. The molecule has 0 radical (unpaired) electrons. The van der Waals surface area contributed by atoms with Gasteiger partial charge in [0.25, 0.3) is 5.91 Å². The number of anilines is 2. The zero-order chi connectivity index (χ0) is 31.8. The first-order valence-electron chi connectivity index (χ1n) is 13.9. The lowest BCUT2D eigenvalue weighted by molar-refractivity contribution is -0.133. The number of methoxy groups -OCH3 is 1.